The van der Waals surface area contributed by atoms with Gasteiger partial charge in [-0.3, -0.25) is 9.36 Å². The number of fused-ring (bicyclic) bond motifs is 2. The van der Waals surface area contributed by atoms with Crippen LogP contribution in [0.3, 0.4) is 0 Å². The SMILES string of the molecule is C[C@H]([C@@H]1C[C@@H]2CC[C@@H]1C2)n1c(COc2ccccc2F)nnc1SCC(=O)N[C@@H](C)CCc1ccccc1. The summed E-state index contributed by atoms with van der Waals surface area (Å²) in [5.41, 5.74) is 1.27. The molecule has 0 unspecified atom stereocenters. The Balaban J connectivity index is 1.23. The molecule has 3 aromatic rings. The number of aromatic nitrogens is 3. The minimum absolute atomic E-state index is 0.0122. The summed E-state index contributed by atoms with van der Waals surface area (Å²) >= 11 is 1.41. The molecule has 6 nitrogen and oxygen atoms in total. The fraction of sp³-hybridized carbons (Fsp3) is 0.500. The summed E-state index contributed by atoms with van der Waals surface area (Å²) in [4.78, 5) is 12.8. The molecule has 202 valence electrons. The van der Waals surface area contributed by atoms with Gasteiger partial charge in [0.15, 0.2) is 22.5 Å². The van der Waals surface area contributed by atoms with E-state index < -0.39 is 5.82 Å². The normalized spacial score (nSPS) is 21.8. The van der Waals surface area contributed by atoms with Gasteiger partial charge in [-0.1, -0.05) is 60.6 Å². The van der Waals surface area contributed by atoms with Crippen molar-refractivity contribution in [3.8, 4) is 5.75 Å². The first kappa shape index (κ1) is 26.7. The molecule has 2 saturated carbocycles. The maximum atomic E-state index is 14.2. The van der Waals surface area contributed by atoms with Crippen LogP contribution in [0.25, 0.3) is 0 Å². The predicted octanol–water partition coefficient (Wildman–Crippen LogP) is 6.22. The number of benzene rings is 2. The molecule has 0 spiro atoms. The maximum Gasteiger partial charge on any atom is 0.230 e. The van der Waals surface area contributed by atoms with Gasteiger partial charge >= 0.3 is 0 Å². The second-order valence-electron chi connectivity index (χ2n) is 10.8. The molecule has 38 heavy (non-hydrogen) atoms. The zero-order chi connectivity index (χ0) is 26.5. The molecular formula is C30H37FN4O2S. The van der Waals surface area contributed by atoms with Crippen molar-refractivity contribution in [2.75, 3.05) is 5.75 Å². The summed E-state index contributed by atoms with van der Waals surface area (Å²) in [6, 6.07) is 17.0. The Hall–Kier alpha value is -2.87. The van der Waals surface area contributed by atoms with Gasteiger partial charge in [0.25, 0.3) is 0 Å². The molecule has 1 heterocycles. The Morgan fingerprint density at radius 2 is 1.89 bits per heavy atom. The molecular weight excluding hydrogens is 499 g/mol. The molecule has 2 aliphatic carbocycles. The largest absolute Gasteiger partial charge is 0.483 e. The van der Waals surface area contributed by atoms with E-state index in [2.05, 4.69) is 39.1 Å². The standard InChI is InChI=1S/C30H37FN4O2S/c1-20(12-13-22-8-4-3-5-9-22)32-29(36)19-38-30-34-33-28(18-37-27-11-7-6-10-26(27)31)35(30)21(2)25-17-23-14-15-24(25)16-23/h3-11,20-21,23-25H,12-19H2,1-2H3,(H,32,36)/t20-,21+,23+,24+,25-/m0/s1. The van der Waals surface area contributed by atoms with Crippen LogP contribution in [0.4, 0.5) is 4.39 Å². The summed E-state index contributed by atoms with van der Waals surface area (Å²) < 4.78 is 22.1. The number of halogens is 1. The second kappa shape index (κ2) is 12.3. The van der Waals surface area contributed by atoms with E-state index in [0.717, 1.165) is 29.8 Å². The minimum Gasteiger partial charge on any atom is -0.483 e. The van der Waals surface area contributed by atoms with Crippen LogP contribution in [-0.4, -0.2) is 32.5 Å². The number of ether oxygens (including phenoxy) is 1. The predicted molar refractivity (Wildman–Crippen MR) is 147 cm³/mol. The number of thioether (sulfide) groups is 1. The number of rotatable bonds is 12. The lowest BCUT2D eigenvalue weighted by Crippen LogP contribution is -2.34. The average Bonchev–Trinajstić information content (AvgIpc) is 3.67. The molecule has 2 bridgehead atoms. The number of hydrogen-bond donors (Lipinski definition) is 1. The van der Waals surface area contributed by atoms with Gasteiger partial charge in [0, 0.05) is 12.1 Å². The molecule has 2 aliphatic rings. The van der Waals surface area contributed by atoms with Crippen LogP contribution >= 0.6 is 11.8 Å². The van der Waals surface area contributed by atoms with Crippen LogP contribution < -0.4 is 10.1 Å². The first-order valence-corrected chi connectivity index (χ1v) is 14.7. The monoisotopic (exact) mass is 536 g/mol. The van der Waals surface area contributed by atoms with Crippen LogP contribution in [-0.2, 0) is 17.8 Å². The smallest absolute Gasteiger partial charge is 0.230 e. The molecule has 0 saturated heterocycles. The lowest BCUT2D eigenvalue weighted by atomic mass is 9.84. The lowest BCUT2D eigenvalue weighted by molar-refractivity contribution is -0.119. The number of carbonyl (C=O) groups excluding carboxylic acids is 1. The van der Waals surface area contributed by atoms with E-state index in [0.29, 0.717) is 11.7 Å². The molecule has 5 rings (SSSR count). The van der Waals surface area contributed by atoms with Crippen molar-refractivity contribution in [3.05, 3.63) is 71.8 Å². The van der Waals surface area contributed by atoms with E-state index in [1.54, 1.807) is 18.2 Å². The van der Waals surface area contributed by atoms with Gasteiger partial charge < -0.3 is 10.1 Å². The Kier molecular flexibility index (Phi) is 8.67. The third-order valence-electron chi connectivity index (χ3n) is 8.20. The highest BCUT2D eigenvalue weighted by molar-refractivity contribution is 7.99. The van der Waals surface area contributed by atoms with Crippen molar-refractivity contribution in [2.24, 2.45) is 17.8 Å². The van der Waals surface area contributed by atoms with E-state index in [4.69, 9.17) is 4.74 Å². The summed E-state index contributed by atoms with van der Waals surface area (Å²) in [5, 5.41) is 12.7. The average molecular weight is 537 g/mol. The van der Waals surface area contributed by atoms with E-state index in [1.807, 2.05) is 25.1 Å². The van der Waals surface area contributed by atoms with Gasteiger partial charge in [0.05, 0.1) is 5.75 Å². The summed E-state index contributed by atoms with van der Waals surface area (Å²) in [6.07, 6.45) is 6.97. The Morgan fingerprint density at radius 1 is 1.11 bits per heavy atom. The number of nitrogens with zero attached hydrogens (tertiary/aromatic N) is 3. The van der Waals surface area contributed by atoms with Gasteiger partial charge in [0.2, 0.25) is 5.91 Å². The molecule has 1 amide bonds. The molecule has 2 fully saturated rings. The van der Waals surface area contributed by atoms with Gasteiger partial charge in [-0.05, 0) is 81.4 Å². The second-order valence-corrected chi connectivity index (χ2v) is 11.8. The molecule has 1 aromatic heterocycles. The van der Waals surface area contributed by atoms with Crippen molar-refractivity contribution in [2.45, 2.75) is 76.2 Å². The minimum atomic E-state index is -0.396. The fourth-order valence-electron chi connectivity index (χ4n) is 6.24. The van der Waals surface area contributed by atoms with Crippen molar-refractivity contribution in [1.82, 2.24) is 20.1 Å². The van der Waals surface area contributed by atoms with Gasteiger partial charge in [-0.25, -0.2) is 4.39 Å². The first-order chi connectivity index (χ1) is 18.5. The highest BCUT2D eigenvalue weighted by Gasteiger charge is 2.43. The molecule has 5 atom stereocenters. The number of amides is 1. The summed E-state index contributed by atoms with van der Waals surface area (Å²) in [7, 11) is 0. The molecule has 0 radical (unpaired) electrons. The van der Waals surface area contributed by atoms with E-state index in [9.17, 15) is 9.18 Å². The van der Waals surface area contributed by atoms with Crippen LogP contribution in [0.5, 0.6) is 5.75 Å². The zero-order valence-corrected chi connectivity index (χ0v) is 23.0. The van der Waals surface area contributed by atoms with E-state index in [-0.39, 0.29) is 36.1 Å². The van der Waals surface area contributed by atoms with Gasteiger partial charge in [-0.2, -0.15) is 0 Å². The van der Waals surface area contributed by atoms with Crippen LogP contribution in [0.15, 0.2) is 59.8 Å². The van der Waals surface area contributed by atoms with Crippen molar-refractivity contribution in [3.63, 3.8) is 0 Å². The molecule has 2 aromatic carbocycles. The number of nitrogens with one attached hydrogen (secondary N) is 1. The third kappa shape index (κ3) is 6.40. The van der Waals surface area contributed by atoms with E-state index >= 15 is 0 Å². The van der Waals surface area contributed by atoms with Crippen molar-refractivity contribution < 1.29 is 13.9 Å². The third-order valence-corrected chi connectivity index (χ3v) is 9.14. The van der Waals surface area contributed by atoms with Crippen LogP contribution in [0, 0.1) is 23.6 Å². The van der Waals surface area contributed by atoms with E-state index in [1.165, 1.54) is 49.1 Å². The highest BCUT2D eigenvalue weighted by Crippen LogP contribution is 2.52. The van der Waals surface area contributed by atoms with Crippen LogP contribution in [0.1, 0.15) is 63.4 Å². The first-order valence-electron chi connectivity index (χ1n) is 13.7. The highest BCUT2D eigenvalue weighted by atomic mass is 32.2. The number of aryl methyl sites for hydroxylation is 1. The summed E-state index contributed by atoms with van der Waals surface area (Å²) in [6.45, 7) is 4.41. The molecule has 8 heteroatoms. The zero-order valence-electron chi connectivity index (χ0n) is 22.2. The van der Waals surface area contributed by atoms with Gasteiger partial charge in [-0.15, -0.1) is 10.2 Å². The topological polar surface area (TPSA) is 69.0 Å². The Bertz CT molecular complexity index is 1220. The number of hydrogen-bond acceptors (Lipinski definition) is 5. The lowest BCUT2D eigenvalue weighted by Gasteiger charge is -2.30. The number of para-hydroxylation sites is 1. The Labute approximate surface area is 228 Å². The van der Waals surface area contributed by atoms with Crippen LogP contribution in [0.2, 0.25) is 0 Å². The quantitative estimate of drug-likeness (QED) is 0.278. The Morgan fingerprint density at radius 3 is 2.63 bits per heavy atom. The molecule has 0 aliphatic heterocycles. The fourth-order valence-corrected chi connectivity index (χ4v) is 7.09. The summed E-state index contributed by atoms with van der Waals surface area (Å²) in [5.74, 6) is 2.84. The van der Waals surface area contributed by atoms with Crippen molar-refractivity contribution in [1.29, 1.82) is 0 Å². The van der Waals surface area contributed by atoms with Crippen molar-refractivity contribution >= 4 is 17.7 Å². The maximum absolute atomic E-state index is 14.2. The van der Waals surface area contributed by atoms with Gasteiger partial charge in [0.1, 0.15) is 6.61 Å². The molecule has 1 N–H and O–H groups in total. The number of carbonyl (C=O) groups is 1.